The number of benzene rings is 2. The van der Waals surface area contributed by atoms with Gasteiger partial charge in [-0.1, -0.05) is 61.9 Å². The molecule has 3 rings (SSSR count). The van der Waals surface area contributed by atoms with Crippen LogP contribution in [-0.2, 0) is 0 Å². The van der Waals surface area contributed by atoms with Crippen LogP contribution in [0.1, 0.15) is 19.8 Å². The van der Waals surface area contributed by atoms with E-state index >= 15 is 0 Å². The Labute approximate surface area is 146 Å². The quantitative estimate of drug-likeness (QED) is 0.641. The van der Waals surface area contributed by atoms with E-state index in [0.717, 1.165) is 24.0 Å². The van der Waals surface area contributed by atoms with Gasteiger partial charge in [-0.2, -0.15) is 0 Å². The van der Waals surface area contributed by atoms with Crippen molar-refractivity contribution in [2.45, 2.75) is 19.8 Å². The number of aromatic nitrogens is 1. The van der Waals surface area contributed by atoms with Crippen LogP contribution in [0.15, 0.2) is 65.6 Å². The standard InChI is InChI=1S/C21H20FNO2/c1-2-3-12-25-20-19(22)18(14-23-21(20)24)17-11-7-10-16(13-17)15-8-5-4-6-9-15/h4-11,13-14H,2-3,12H2,1H3,(H,23,24). The lowest BCUT2D eigenvalue weighted by Gasteiger charge is -2.10. The summed E-state index contributed by atoms with van der Waals surface area (Å²) in [6.45, 7) is 2.33. The van der Waals surface area contributed by atoms with Crippen LogP contribution < -0.4 is 10.3 Å². The molecule has 0 aliphatic carbocycles. The van der Waals surface area contributed by atoms with Crippen molar-refractivity contribution in [2.24, 2.45) is 0 Å². The van der Waals surface area contributed by atoms with E-state index < -0.39 is 11.4 Å². The van der Waals surface area contributed by atoms with E-state index in [1.807, 2.05) is 61.5 Å². The Balaban J connectivity index is 2.00. The maximum atomic E-state index is 14.8. The summed E-state index contributed by atoms with van der Waals surface area (Å²) in [5.74, 6) is -0.860. The second-order valence-corrected chi connectivity index (χ2v) is 5.82. The first-order chi connectivity index (χ1) is 12.2. The summed E-state index contributed by atoms with van der Waals surface area (Å²) in [6.07, 6.45) is 3.08. The summed E-state index contributed by atoms with van der Waals surface area (Å²) in [5, 5.41) is 0. The van der Waals surface area contributed by atoms with Gasteiger partial charge in [-0.15, -0.1) is 0 Å². The average molecular weight is 337 g/mol. The highest BCUT2D eigenvalue weighted by Crippen LogP contribution is 2.29. The monoisotopic (exact) mass is 337 g/mol. The highest BCUT2D eigenvalue weighted by molar-refractivity contribution is 5.73. The van der Waals surface area contributed by atoms with Gasteiger partial charge in [-0.05, 0) is 29.2 Å². The number of H-pyrrole nitrogens is 1. The molecule has 0 amide bonds. The topological polar surface area (TPSA) is 42.1 Å². The molecule has 3 aromatic rings. The van der Waals surface area contributed by atoms with Crippen molar-refractivity contribution >= 4 is 0 Å². The van der Waals surface area contributed by atoms with Gasteiger partial charge in [0.1, 0.15) is 0 Å². The highest BCUT2D eigenvalue weighted by atomic mass is 19.1. The normalized spacial score (nSPS) is 10.6. The molecule has 1 heterocycles. The van der Waals surface area contributed by atoms with Crippen molar-refractivity contribution < 1.29 is 9.13 Å². The maximum absolute atomic E-state index is 14.8. The van der Waals surface area contributed by atoms with Crippen LogP contribution in [0.3, 0.4) is 0 Å². The first kappa shape index (κ1) is 17.0. The number of ether oxygens (including phenoxy) is 1. The van der Waals surface area contributed by atoms with Crippen LogP contribution in [0.25, 0.3) is 22.3 Å². The van der Waals surface area contributed by atoms with E-state index in [2.05, 4.69) is 4.98 Å². The first-order valence-corrected chi connectivity index (χ1v) is 8.40. The van der Waals surface area contributed by atoms with Gasteiger partial charge in [0.05, 0.1) is 6.61 Å². The van der Waals surface area contributed by atoms with Crippen LogP contribution in [0.4, 0.5) is 4.39 Å². The van der Waals surface area contributed by atoms with Gasteiger partial charge in [-0.3, -0.25) is 4.79 Å². The number of rotatable bonds is 6. The lowest BCUT2D eigenvalue weighted by molar-refractivity contribution is 0.290. The molecule has 1 N–H and O–H groups in total. The maximum Gasteiger partial charge on any atom is 0.293 e. The number of aromatic amines is 1. The van der Waals surface area contributed by atoms with Crippen molar-refractivity contribution in [2.75, 3.05) is 6.61 Å². The number of pyridine rings is 1. The van der Waals surface area contributed by atoms with E-state index in [4.69, 9.17) is 4.74 Å². The molecule has 0 saturated heterocycles. The second kappa shape index (κ2) is 7.79. The fraction of sp³-hybridized carbons (Fsp3) is 0.190. The molecule has 3 nitrogen and oxygen atoms in total. The molecule has 0 bridgehead atoms. The minimum Gasteiger partial charge on any atom is -0.486 e. The van der Waals surface area contributed by atoms with E-state index in [-0.39, 0.29) is 5.75 Å². The molecule has 0 spiro atoms. The van der Waals surface area contributed by atoms with Gasteiger partial charge >= 0.3 is 0 Å². The second-order valence-electron chi connectivity index (χ2n) is 5.82. The predicted octanol–water partition coefficient (Wildman–Crippen LogP) is 5.03. The van der Waals surface area contributed by atoms with Crippen LogP contribution in [0, 0.1) is 5.82 Å². The van der Waals surface area contributed by atoms with E-state index in [1.165, 1.54) is 6.20 Å². The van der Waals surface area contributed by atoms with Gasteiger partial charge < -0.3 is 9.72 Å². The van der Waals surface area contributed by atoms with Crippen LogP contribution >= 0.6 is 0 Å². The Hall–Kier alpha value is -2.88. The average Bonchev–Trinajstić information content (AvgIpc) is 2.65. The summed E-state index contributed by atoms with van der Waals surface area (Å²) in [7, 11) is 0. The molecule has 25 heavy (non-hydrogen) atoms. The third kappa shape index (κ3) is 3.79. The molecular weight excluding hydrogens is 317 g/mol. The zero-order valence-corrected chi connectivity index (χ0v) is 14.1. The summed E-state index contributed by atoms with van der Waals surface area (Å²) in [5.41, 5.74) is 2.50. The lowest BCUT2D eigenvalue weighted by atomic mass is 10.00. The number of unbranched alkanes of at least 4 members (excludes halogenated alkanes) is 1. The molecule has 2 aromatic carbocycles. The van der Waals surface area contributed by atoms with Gasteiger partial charge in [-0.25, -0.2) is 4.39 Å². The number of halogens is 1. The van der Waals surface area contributed by atoms with E-state index in [0.29, 0.717) is 17.7 Å². The molecule has 4 heteroatoms. The minimum absolute atomic E-state index is 0.240. The summed E-state index contributed by atoms with van der Waals surface area (Å²) >= 11 is 0. The number of hydrogen-bond donors (Lipinski definition) is 1. The minimum atomic E-state index is -0.620. The van der Waals surface area contributed by atoms with E-state index in [9.17, 15) is 9.18 Å². The molecule has 0 radical (unpaired) electrons. The van der Waals surface area contributed by atoms with Gasteiger partial charge in [0.25, 0.3) is 5.56 Å². The zero-order chi connectivity index (χ0) is 17.6. The summed E-state index contributed by atoms with van der Waals surface area (Å²) in [6, 6.07) is 17.4. The van der Waals surface area contributed by atoms with Crippen molar-refractivity contribution in [3.63, 3.8) is 0 Å². The molecular formula is C21H20FNO2. The predicted molar refractivity (Wildman–Crippen MR) is 98.3 cm³/mol. The Morgan fingerprint density at radius 3 is 2.48 bits per heavy atom. The molecule has 0 saturated carbocycles. The molecule has 0 fully saturated rings. The Morgan fingerprint density at radius 1 is 1.00 bits per heavy atom. The van der Waals surface area contributed by atoms with Gasteiger partial charge in [0.15, 0.2) is 5.82 Å². The van der Waals surface area contributed by atoms with E-state index in [1.54, 1.807) is 0 Å². The van der Waals surface area contributed by atoms with Crippen molar-refractivity contribution in [3.8, 4) is 28.0 Å². The molecule has 0 aliphatic rings. The van der Waals surface area contributed by atoms with Crippen molar-refractivity contribution in [1.82, 2.24) is 4.98 Å². The Bertz CT molecular complexity index is 903. The van der Waals surface area contributed by atoms with Crippen LogP contribution in [0.2, 0.25) is 0 Å². The molecule has 1 aromatic heterocycles. The fourth-order valence-electron chi connectivity index (χ4n) is 2.64. The van der Waals surface area contributed by atoms with Crippen LogP contribution in [-0.4, -0.2) is 11.6 Å². The molecule has 128 valence electrons. The zero-order valence-electron chi connectivity index (χ0n) is 14.1. The van der Waals surface area contributed by atoms with Crippen molar-refractivity contribution in [3.05, 3.63) is 77.0 Å². The third-order valence-electron chi connectivity index (χ3n) is 4.01. The third-order valence-corrected chi connectivity index (χ3v) is 4.01. The largest absolute Gasteiger partial charge is 0.486 e. The van der Waals surface area contributed by atoms with Crippen molar-refractivity contribution in [1.29, 1.82) is 0 Å². The smallest absolute Gasteiger partial charge is 0.293 e. The molecule has 0 unspecified atom stereocenters. The Morgan fingerprint density at radius 2 is 1.72 bits per heavy atom. The molecule has 0 aliphatic heterocycles. The van der Waals surface area contributed by atoms with Gasteiger partial charge in [0.2, 0.25) is 5.75 Å². The lowest BCUT2D eigenvalue weighted by Crippen LogP contribution is -2.14. The molecule has 0 atom stereocenters. The number of nitrogens with one attached hydrogen (secondary N) is 1. The number of hydrogen-bond acceptors (Lipinski definition) is 2. The summed E-state index contributed by atoms with van der Waals surface area (Å²) < 4.78 is 20.2. The van der Waals surface area contributed by atoms with Gasteiger partial charge in [0, 0.05) is 11.8 Å². The van der Waals surface area contributed by atoms with Crippen LogP contribution in [0.5, 0.6) is 5.75 Å². The highest BCUT2D eigenvalue weighted by Gasteiger charge is 2.16. The SMILES string of the molecule is CCCCOc1c(F)c(-c2cccc(-c3ccccc3)c2)c[nH]c1=O. The summed E-state index contributed by atoms with van der Waals surface area (Å²) in [4.78, 5) is 14.5. The Kier molecular flexibility index (Phi) is 5.29. The first-order valence-electron chi connectivity index (χ1n) is 8.40. The fourth-order valence-corrected chi connectivity index (χ4v) is 2.64.